The molecule has 2 fully saturated rings. The number of carbonyl (C=O) groups excluding carboxylic acids is 1. The Morgan fingerprint density at radius 3 is 2.50 bits per heavy atom. The summed E-state index contributed by atoms with van der Waals surface area (Å²) in [5, 5.41) is 12.3. The second-order valence-corrected chi connectivity index (χ2v) is 6.35. The lowest BCUT2D eigenvalue weighted by Gasteiger charge is -2.39. The molecule has 1 unspecified atom stereocenters. The van der Waals surface area contributed by atoms with Crippen molar-refractivity contribution in [2.45, 2.75) is 57.0 Å². The molecule has 1 aliphatic heterocycles. The van der Waals surface area contributed by atoms with Crippen LogP contribution < -0.4 is 11.1 Å². The first-order valence-corrected chi connectivity index (χ1v) is 7.49. The molecule has 2 aliphatic rings. The Labute approximate surface area is 119 Å². The number of piperidine rings is 1. The molecule has 0 spiro atoms. The summed E-state index contributed by atoms with van der Waals surface area (Å²) < 4.78 is 0. The summed E-state index contributed by atoms with van der Waals surface area (Å²) in [5.74, 6) is -0.387. The van der Waals surface area contributed by atoms with Crippen molar-refractivity contribution < 1.29 is 14.7 Å². The molecule has 1 aliphatic carbocycles. The fraction of sp³-hybridized carbons (Fsp3) is 0.857. The molecule has 6 nitrogen and oxygen atoms in total. The fourth-order valence-electron chi connectivity index (χ4n) is 3.13. The minimum absolute atomic E-state index is 0.00153. The summed E-state index contributed by atoms with van der Waals surface area (Å²) >= 11 is 0. The second kappa shape index (κ2) is 5.99. The number of nitrogens with two attached hydrogens (primary N) is 1. The number of carbonyl (C=O) groups is 2. The highest BCUT2D eigenvalue weighted by Crippen LogP contribution is 2.32. The molecule has 0 aromatic heterocycles. The monoisotopic (exact) mass is 283 g/mol. The molecule has 6 heteroatoms. The van der Waals surface area contributed by atoms with Crippen LogP contribution in [0, 0.1) is 5.92 Å². The van der Waals surface area contributed by atoms with Gasteiger partial charge in [-0.2, -0.15) is 0 Å². The van der Waals surface area contributed by atoms with Crippen molar-refractivity contribution >= 4 is 12.0 Å². The normalized spacial score (nSPS) is 34.6. The summed E-state index contributed by atoms with van der Waals surface area (Å²) in [7, 11) is 0. The van der Waals surface area contributed by atoms with E-state index < -0.39 is 11.5 Å². The summed E-state index contributed by atoms with van der Waals surface area (Å²) in [6, 6.07) is -0.279. The van der Waals surface area contributed by atoms with Crippen LogP contribution in [-0.4, -0.2) is 46.7 Å². The van der Waals surface area contributed by atoms with Gasteiger partial charge in [0, 0.05) is 19.1 Å². The number of likely N-dealkylation sites (tertiary alicyclic amines) is 1. The highest BCUT2D eigenvalue weighted by atomic mass is 16.4. The van der Waals surface area contributed by atoms with E-state index in [0.29, 0.717) is 31.8 Å². The maximum atomic E-state index is 12.3. The van der Waals surface area contributed by atoms with Crippen molar-refractivity contribution in [3.8, 4) is 0 Å². The second-order valence-electron chi connectivity index (χ2n) is 6.35. The summed E-state index contributed by atoms with van der Waals surface area (Å²) in [4.78, 5) is 25.6. The predicted octanol–water partition coefficient (Wildman–Crippen LogP) is 1.15. The van der Waals surface area contributed by atoms with Crippen molar-refractivity contribution in [1.29, 1.82) is 0 Å². The zero-order chi connectivity index (χ0) is 14.8. The van der Waals surface area contributed by atoms with Gasteiger partial charge >= 0.3 is 12.0 Å². The maximum absolute atomic E-state index is 12.3. The van der Waals surface area contributed by atoms with Gasteiger partial charge in [0.05, 0.1) is 0 Å². The standard InChI is InChI=1S/C14H25N3O3/c1-10-4-6-14(7-5-10,12(18)19)16-13(20)17-8-2-3-11(15)9-17/h10-11H,2-9,15H2,1H3,(H,16,20)(H,18,19). The van der Waals surface area contributed by atoms with Crippen LogP contribution in [0.1, 0.15) is 45.4 Å². The van der Waals surface area contributed by atoms with Crippen molar-refractivity contribution in [2.24, 2.45) is 11.7 Å². The van der Waals surface area contributed by atoms with Crippen molar-refractivity contribution in [2.75, 3.05) is 13.1 Å². The van der Waals surface area contributed by atoms with E-state index >= 15 is 0 Å². The van der Waals surface area contributed by atoms with Crippen LogP contribution in [-0.2, 0) is 4.79 Å². The molecule has 1 saturated heterocycles. The smallest absolute Gasteiger partial charge is 0.329 e. The molecule has 0 radical (unpaired) electrons. The first-order valence-electron chi connectivity index (χ1n) is 7.49. The van der Waals surface area contributed by atoms with Gasteiger partial charge < -0.3 is 21.1 Å². The molecule has 20 heavy (non-hydrogen) atoms. The zero-order valence-electron chi connectivity index (χ0n) is 12.1. The van der Waals surface area contributed by atoms with Gasteiger partial charge in [0.2, 0.25) is 0 Å². The van der Waals surface area contributed by atoms with Crippen LogP contribution in [0.15, 0.2) is 0 Å². The van der Waals surface area contributed by atoms with Gasteiger partial charge in [0.25, 0.3) is 0 Å². The van der Waals surface area contributed by atoms with E-state index in [-0.39, 0.29) is 12.1 Å². The molecule has 2 rings (SSSR count). The first-order chi connectivity index (χ1) is 9.43. The number of carboxylic acids is 1. The number of hydrogen-bond acceptors (Lipinski definition) is 3. The highest BCUT2D eigenvalue weighted by molar-refractivity contribution is 5.86. The van der Waals surface area contributed by atoms with Crippen LogP contribution in [0.3, 0.4) is 0 Å². The lowest BCUT2D eigenvalue weighted by atomic mass is 9.77. The van der Waals surface area contributed by atoms with E-state index in [1.165, 1.54) is 0 Å². The molecule has 0 aromatic carbocycles. The number of aliphatic carboxylic acids is 1. The van der Waals surface area contributed by atoms with E-state index in [4.69, 9.17) is 5.73 Å². The molecule has 1 heterocycles. The van der Waals surface area contributed by atoms with Gasteiger partial charge in [0.15, 0.2) is 0 Å². The number of rotatable bonds is 2. The number of nitrogens with zero attached hydrogens (tertiary/aromatic N) is 1. The fourth-order valence-corrected chi connectivity index (χ4v) is 3.13. The van der Waals surface area contributed by atoms with E-state index in [0.717, 1.165) is 25.7 Å². The lowest BCUT2D eigenvalue weighted by molar-refractivity contribution is -0.146. The zero-order valence-corrected chi connectivity index (χ0v) is 12.1. The molecule has 0 aromatic rings. The van der Waals surface area contributed by atoms with Gasteiger partial charge in [-0.25, -0.2) is 9.59 Å². The van der Waals surface area contributed by atoms with Crippen LogP contribution >= 0.6 is 0 Å². The van der Waals surface area contributed by atoms with E-state index in [2.05, 4.69) is 12.2 Å². The summed E-state index contributed by atoms with van der Waals surface area (Å²) in [6.07, 6.45) is 4.50. The summed E-state index contributed by atoms with van der Waals surface area (Å²) in [5.41, 5.74) is 4.78. The predicted molar refractivity (Wildman–Crippen MR) is 75.3 cm³/mol. The Morgan fingerprint density at radius 1 is 1.30 bits per heavy atom. The Balaban J connectivity index is 2.01. The number of carboxylic acid groups (broad SMARTS) is 1. The minimum atomic E-state index is -1.09. The van der Waals surface area contributed by atoms with Crippen molar-refractivity contribution in [3.05, 3.63) is 0 Å². The van der Waals surface area contributed by atoms with Gasteiger partial charge in [0.1, 0.15) is 5.54 Å². The largest absolute Gasteiger partial charge is 0.480 e. The molecular formula is C14H25N3O3. The van der Waals surface area contributed by atoms with Gasteiger partial charge in [-0.15, -0.1) is 0 Å². The average Bonchev–Trinajstić information content (AvgIpc) is 2.41. The molecule has 0 bridgehead atoms. The summed E-state index contributed by atoms with van der Waals surface area (Å²) in [6.45, 7) is 3.29. The minimum Gasteiger partial charge on any atom is -0.480 e. The molecule has 114 valence electrons. The van der Waals surface area contributed by atoms with E-state index in [9.17, 15) is 14.7 Å². The first kappa shape index (κ1) is 15.1. The third-order valence-electron chi connectivity index (χ3n) is 4.63. The van der Waals surface area contributed by atoms with Gasteiger partial charge in [-0.1, -0.05) is 6.92 Å². The van der Waals surface area contributed by atoms with Crippen molar-refractivity contribution in [3.63, 3.8) is 0 Å². The molecule has 1 atom stereocenters. The van der Waals surface area contributed by atoms with Crippen LogP contribution in [0.4, 0.5) is 4.79 Å². The van der Waals surface area contributed by atoms with E-state index in [1.807, 2.05) is 0 Å². The number of urea groups is 1. The molecular weight excluding hydrogens is 258 g/mol. The Morgan fingerprint density at radius 2 is 1.95 bits per heavy atom. The van der Waals surface area contributed by atoms with Crippen LogP contribution in [0.2, 0.25) is 0 Å². The molecule has 4 N–H and O–H groups in total. The Hall–Kier alpha value is -1.30. The third kappa shape index (κ3) is 3.23. The average molecular weight is 283 g/mol. The lowest BCUT2D eigenvalue weighted by Crippen LogP contribution is -2.60. The third-order valence-corrected chi connectivity index (χ3v) is 4.63. The van der Waals surface area contributed by atoms with E-state index in [1.54, 1.807) is 4.90 Å². The maximum Gasteiger partial charge on any atom is 0.329 e. The van der Waals surface area contributed by atoms with Gasteiger partial charge in [-0.05, 0) is 44.4 Å². The molecule has 1 saturated carbocycles. The molecule has 2 amide bonds. The van der Waals surface area contributed by atoms with Crippen LogP contribution in [0.5, 0.6) is 0 Å². The quantitative estimate of drug-likeness (QED) is 0.708. The SMILES string of the molecule is CC1CCC(NC(=O)N2CCCC(N)C2)(C(=O)O)CC1. The van der Waals surface area contributed by atoms with Crippen molar-refractivity contribution in [1.82, 2.24) is 10.2 Å². The van der Waals surface area contributed by atoms with Crippen LogP contribution in [0.25, 0.3) is 0 Å². The Kier molecular flexibility index (Phi) is 4.52. The topological polar surface area (TPSA) is 95.7 Å². The number of hydrogen-bond donors (Lipinski definition) is 3. The number of amides is 2. The number of nitrogens with one attached hydrogen (secondary N) is 1. The Bertz CT molecular complexity index is 378. The highest BCUT2D eigenvalue weighted by Gasteiger charge is 2.43. The van der Waals surface area contributed by atoms with Gasteiger partial charge in [-0.3, -0.25) is 0 Å².